The summed E-state index contributed by atoms with van der Waals surface area (Å²) in [6.07, 6.45) is -3.09. The number of unbranched alkanes of at least 4 members (excludes halogenated alkanes) is 2. The van der Waals surface area contributed by atoms with Gasteiger partial charge in [-0.3, -0.25) is 4.79 Å². The molecule has 0 aliphatic carbocycles. The van der Waals surface area contributed by atoms with Crippen molar-refractivity contribution in [2.45, 2.75) is 50.9 Å². The Hall–Kier alpha value is -2.29. The molecular weight excluding hydrogens is 365 g/mol. The van der Waals surface area contributed by atoms with Crippen molar-refractivity contribution in [2.24, 2.45) is 5.10 Å². The maximum absolute atomic E-state index is 13.4. The Morgan fingerprint density at radius 2 is 1.89 bits per heavy atom. The van der Waals surface area contributed by atoms with Gasteiger partial charge in [0, 0.05) is 12.1 Å². The van der Waals surface area contributed by atoms with Crippen molar-refractivity contribution in [2.75, 3.05) is 13.7 Å². The molecule has 0 unspecified atom stereocenters. The minimum Gasteiger partial charge on any atom is -0.497 e. The lowest BCUT2D eigenvalue weighted by Gasteiger charge is -2.32. The van der Waals surface area contributed by atoms with Crippen LogP contribution in [0.3, 0.4) is 0 Å². The maximum Gasteiger partial charge on any atom is 0.438 e. The molecule has 27 heavy (non-hydrogen) atoms. The first-order valence-electron chi connectivity index (χ1n) is 8.66. The lowest BCUT2D eigenvalue weighted by atomic mass is 10.0. The van der Waals surface area contributed by atoms with E-state index in [-0.39, 0.29) is 16.5 Å². The number of benzene rings is 1. The van der Waals surface area contributed by atoms with Crippen molar-refractivity contribution < 1.29 is 32.5 Å². The summed E-state index contributed by atoms with van der Waals surface area (Å²) in [4.78, 5) is 12.3. The molecule has 1 atom stereocenters. The van der Waals surface area contributed by atoms with Gasteiger partial charge in [0.05, 0.1) is 7.11 Å². The van der Waals surface area contributed by atoms with Crippen molar-refractivity contribution in [3.8, 4) is 11.5 Å². The average molecular weight is 388 g/mol. The van der Waals surface area contributed by atoms with E-state index < -0.39 is 30.8 Å². The molecule has 1 aliphatic rings. The summed E-state index contributed by atoms with van der Waals surface area (Å²) in [7, 11) is 1.49. The lowest BCUT2D eigenvalue weighted by molar-refractivity contribution is -0.302. The third kappa shape index (κ3) is 4.91. The summed E-state index contributed by atoms with van der Waals surface area (Å²) < 4.78 is 50.4. The lowest BCUT2D eigenvalue weighted by Crippen LogP contribution is -2.57. The standard InChI is InChI=1S/C18H23F3N2O4/c1-3-4-5-6-13-11-17(25,18(19,20)21)23(22-13)16(24)12-27-15-9-7-14(26-2)8-10-15/h7-10,25H,3-6,11-12H2,1-2H3/t17-/m1/s1. The third-order valence-corrected chi connectivity index (χ3v) is 4.22. The number of amides is 1. The number of carbonyl (C=O) groups excluding carboxylic acids is 1. The number of nitrogens with zero attached hydrogens (tertiary/aromatic N) is 2. The highest BCUT2D eigenvalue weighted by molar-refractivity contribution is 5.91. The van der Waals surface area contributed by atoms with Gasteiger partial charge in [-0.25, -0.2) is 0 Å². The van der Waals surface area contributed by atoms with E-state index in [0.717, 1.165) is 12.8 Å². The Bertz CT molecular complexity index is 676. The predicted octanol–water partition coefficient (Wildman–Crippen LogP) is 3.49. The second kappa shape index (κ2) is 8.60. The van der Waals surface area contributed by atoms with Gasteiger partial charge in [-0.15, -0.1) is 0 Å². The summed E-state index contributed by atoms with van der Waals surface area (Å²) in [5.41, 5.74) is -3.18. The zero-order valence-corrected chi connectivity index (χ0v) is 15.3. The first kappa shape index (κ1) is 21.0. The molecule has 1 heterocycles. The quantitative estimate of drug-likeness (QED) is 0.692. The molecule has 0 radical (unpaired) electrons. The molecule has 1 N–H and O–H groups in total. The first-order valence-corrected chi connectivity index (χ1v) is 8.66. The summed E-state index contributed by atoms with van der Waals surface area (Å²) in [6, 6.07) is 6.22. The molecule has 6 nitrogen and oxygen atoms in total. The van der Waals surface area contributed by atoms with Crippen LogP contribution in [0.4, 0.5) is 13.2 Å². The van der Waals surface area contributed by atoms with E-state index in [9.17, 15) is 23.1 Å². The largest absolute Gasteiger partial charge is 0.497 e. The minimum absolute atomic E-state index is 0.109. The maximum atomic E-state index is 13.4. The summed E-state index contributed by atoms with van der Waals surface area (Å²) in [5, 5.41) is 14.0. The molecule has 0 aromatic heterocycles. The number of hydrazone groups is 1. The number of methoxy groups -OCH3 is 1. The Labute approximate surface area is 155 Å². The number of aliphatic hydroxyl groups is 1. The summed E-state index contributed by atoms with van der Waals surface area (Å²) >= 11 is 0. The van der Waals surface area contributed by atoms with Crippen LogP contribution in [0, 0.1) is 0 Å². The van der Waals surface area contributed by atoms with E-state index >= 15 is 0 Å². The fraction of sp³-hybridized carbons (Fsp3) is 0.556. The number of halogens is 3. The molecular formula is C18H23F3N2O4. The number of rotatable bonds is 8. The molecule has 0 bridgehead atoms. The minimum atomic E-state index is -5.03. The normalized spacial score (nSPS) is 19.8. The topological polar surface area (TPSA) is 71.4 Å². The average Bonchev–Trinajstić information content (AvgIpc) is 2.98. The van der Waals surface area contributed by atoms with E-state index in [1.54, 1.807) is 12.1 Å². The zero-order valence-electron chi connectivity index (χ0n) is 15.3. The van der Waals surface area contributed by atoms with E-state index in [1.165, 1.54) is 19.2 Å². The number of hydrogen-bond donors (Lipinski definition) is 1. The van der Waals surface area contributed by atoms with E-state index in [4.69, 9.17) is 9.47 Å². The fourth-order valence-electron chi connectivity index (χ4n) is 2.70. The van der Waals surface area contributed by atoms with Crippen molar-refractivity contribution >= 4 is 11.6 Å². The van der Waals surface area contributed by atoms with Crippen molar-refractivity contribution in [3.63, 3.8) is 0 Å². The van der Waals surface area contributed by atoms with Crippen LogP contribution in [0.5, 0.6) is 11.5 Å². The van der Waals surface area contributed by atoms with Gasteiger partial charge in [0.1, 0.15) is 11.5 Å². The van der Waals surface area contributed by atoms with Crippen LogP contribution in [-0.4, -0.2) is 47.4 Å². The van der Waals surface area contributed by atoms with Crippen LogP contribution >= 0.6 is 0 Å². The molecule has 150 valence electrons. The molecule has 1 aliphatic heterocycles. The van der Waals surface area contributed by atoms with Gasteiger partial charge in [-0.05, 0) is 37.1 Å². The van der Waals surface area contributed by atoms with Gasteiger partial charge in [0.25, 0.3) is 11.6 Å². The summed E-state index contributed by atoms with van der Waals surface area (Å²) in [6.45, 7) is 1.28. The fourth-order valence-corrected chi connectivity index (χ4v) is 2.70. The molecule has 1 amide bonds. The van der Waals surface area contributed by atoms with E-state index in [1.807, 2.05) is 6.92 Å². The molecule has 1 aromatic carbocycles. The van der Waals surface area contributed by atoms with E-state index in [0.29, 0.717) is 18.6 Å². The van der Waals surface area contributed by atoms with Crippen LogP contribution < -0.4 is 9.47 Å². The smallest absolute Gasteiger partial charge is 0.438 e. The molecule has 2 rings (SSSR count). The molecule has 0 saturated carbocycles. The Morgan fingerprint density at radius 1 is 1.26 bits per heavy atom. The SMILES string of the molecule is CCCCCC1=NN(C(=O)COc2ccc(OC)cc2)[C@](O)(C(F)(F)F)C1. The van der Waals surface area contributed by atoms with Crippen molar-refractivity contribution in [1.82, 2.24) is 5.01 Å². The van der Waals surface area contributed by atoms with Gasteiger partial charge >= 0.3 is 6.18 Å². The van der Waals surface area contributed by atoms with Crippen LogP contribution in [0.1, 0.15) is 39.0 Å². The molecule has 0 saturated heterocycles. The van der Waals surface area contributed by atoms with Gasteiger partial charge in [0.15, 0.2) is 6.61 Å². The predicted molar refractivity (Wildman–Crippen MR) is 92.5 cm³/mol. The highest BCUT2D eigenvalue weighted by Gasteiger charge is 2.63. The first-order chi connectivity index (χ1) is 12.7. The Kier molecular flexibility index (Phi) is 6.69. The Balaban J connectivity index is 2.08. The van der Waals surface area contributed by atoms with E-state index in [2.05, 4.69) is 5.10 Å². The van der Waals surface area contributed by atoms with Crippen molar-refractivity contribution in [1.29, 1.82) is 0 Å². The number of carbonyl (C=O) groups is 1. The molecule has 1 aromatic rings. The highest BCUT2D eigenvalue weighted by atomic mass is 19.4. The second-order valence-electron chi connectivity index (χ2n) is 6.28. The highest BCUT2D eigenvalue weighted by Crippen LogP contribution is 2.41. The van der Waals surface area contributed by atoms with Gasteiger partial charge in [-0.2, -0.15) is 23.3 Å². The zero-order chi connectivity index (χ0) is 20.1. The number of alkyl halides is 3. The summed E-state index contributed by atoms with van der Waals surface area (Å²) in [5.74, 6) is -0.219. The monoisotopic (exact) mass is 388 g/mol. The Morgan fingerprint density at radius 3 is 2.44 bits per heavy atom. The molecule has 0 fully saturated rings. The van der Waals surface area contributed by atoms with Gasteiger partial charge in [-0.1, -0.05) is 19.8 Å². The van der Waals surface area contributed by atoms with Crippen LogP contribution in [0.2, 0.25) is 0 Å². The van der Waals surface area contributed by atoms with Gasteiger partial charge in [0.2, 0.25) is 0 Å². The second-order valence-corrected chi connectivity index (χ2v) is 6.28. The van der Waals surface area contributed by atoms with Crippen LogP contribution in [0.25, 0.3) is 0 Å². The van der Waals surface area contributed by atoms with Gasteiger partial charge < -0.3 is 14.6 Å². The van der Waals surface area contributed by atoms with Crippen LogP contribution in [-0.2, 0) is 4.79 Å². The van der Waals surface area contributed by atoms with Crippen molar-refractivity contribution in [3.05, 3.63) is 24.3 Å². The molecule has 0 spiro atoms. The molecule has 9 heteroatoms. The third-order valence-electron chi connectivity index (χ3n) is 4.22. The number of hydrogen-bond acceptors (Lipinski definition) is 5. The number of ether oxygens (including phenoxy) is 2. The van der Waals surface area contributed by atoms with Crippen LogP contribution in [0.15, 0.2) is 29.4 Å².